The van der Waals surface area contributed by atoms with E-state index in [0.29, 0.717) is 5.73 Å². The zero-order chi connectivity index (χ0) is 13.8. The third-order valence-corrected chi connectivity index (χ3v) is 3.04. The molecule has 99 valence electrons. The summed E-state index contributed by atoms with van der Waals surface area (Å²) in [5.74, 6) is 0.798. The zero-order valence-electron chi connectivity index (χ0n) is 11.2. The van der Waals surface area contributed by atoms with E-state index in [-0.39, 0.29) is 0 Å². The highest BCUT2D eigenvalue weighted by Crippen LogP contribution is 2.30. The van der Waals surface area contributed by atoms with Gasteiger partial charge < -0.3 is 20.0 Å². The minimum absolute atomic E-state index is 0.496. The summed E-state index contributed by atoms with van der Waals surface area (Å²) in [4.78, 5) is 6.23. The predicted octanol–water partition coefficient (Wildman–Crippen LogP) is 1.56. The van der Waals surface area contributed by atoms with Crippen LogP contribution >= 0.6 is 11.9 Å². The van der Waals surface area contributed by atoms with Crippen LogP contribution in [-0.2, 0) is 0 Å². The standard InChI is InChI=1S/C12H16BN4OS/c1-17-7-10(15-12(14)13-17)8-4-5-11(18-2)9(6-8)16-19-3/h4-7,16H,1-3H3,(H2,14,15). The lowest BCUT2D eigenvalue weighted by molar-refractivity contribution is 0.417. The molecule has 19 heavy (non-hydrogen) atoms. The smallest absolute Gasteiger partial charge is 0.331 e. The van der Waals surface area contributed by atoms with E-state index < -0.39 is 0 Å². The van der Waals surface area contributed by atoms with E-state index in [1.165, 1.54) is 11.9 Å². The van der Waals surface area contributed by atoms with Gasteiger partial charge in [-0.05, 0) is 25.2 Å². The van der Waals surface area contributed by atoms with Crippen LogP contribution in [0.4, 0.5) is 5.69 Å². The van der Waals surface area contributed by atoms with Crippen LogP contribution in [0.1, 0.15) is 5.56 Å². The van der Waals surface area contributed by atoms with Gasteiger partial charge >= 0.3 is 7.41 Å². The van der Waals surface area contributed by atoms with Gasteiger partial charge in [0.1, 0.15) is 5.75 Å². The van der Waals surface area contributed by atoms with Gasteiger partial charge in [-0.1, -0.05) is 11.9 Å². The number of anilines is 1. The van der Waals surface area contributed by atoms with Crippen LogP contribution in [0.2, 0.25) is 0 Å². The fourth-order valence-electron chi connectivity index (χ4n) is 1.83. The Hall–Kier alpha value is -1.76. The minimum Gasteiger partial charge on any atom is -0.495 e. The monoisotopic (exact) mass is 275 g/mol. The number of amidine groups is 1. The molecule has 0 spiro atoms. The SMILES string of the molecule is COc1ccc(C2=CN(C)[B]C(N)=N2)cc1NSC. The normalized spacial score (nSPS) is 14.4. The third kappa shape index (κ3) is 3.17. The first kappa shape index (κ1) is 13.7. The summed E-state index contributed by atoms with van der Waals surface area (Å²) in [5.41, 5.74) is 9.00. The van der Waals surface area contributed by atoms with Gasteiger partial charge in [-0.15, -0.1) is 0 Å². The van der Waals surface area contributed by atoms with E-state index in [4.69, 9.17) is 10.5 Å². The molecule has 2 rings (SSSR count). The van der Waals surface area contributed by atoms with Crippen molar-refractivity contribution in [1.29, 1.82) is 0 Å². The summed E-state index contributed by atoms with van der Waals surface area (Å²) in [5, 5.41) is 0. The van der Waals surface area contributed by atoms with E-state index >= 15 is 0 Å². The number of aliphatic imine (C=N–C) groups is 1. The Bertz CT molecular complexity index is 532. The molecule has 0 unspecified atom stereocenters. The van der Waals surface area contributed by atoms with Crippen LogP contribution in [0.5, 0.6) is 5.75 Å². The molecule has 0 fully saturated rings. The highest BCUT2D eigenvalue weighted by Gasteiger charge is 2.13. The molecule has 0 aromatic heterocycles. The van der Waals surface area contributed by atoms with E-state index in [0.717, 1.165) is 22.7 Å². The molecule has 5 nitrogen and oxygen atoms in total. The van der Waals surface area contributed by atoms with Crippen LogP contribution in [0.15, 0.2) is 29.4 Å². The zero-order valence-corrected chi connectivity index (χ0v) is 12.0. The molecule has 0 bridgehead atoms. The molecule has 1 aliphatic rings. The number of methoxy groups -OCH3 is 1. The molecule has 1 radical (unpaired) electrons. The predicted molar refractivity (Wildman–Crippen MR) is 83.2 cm³/mol. The summed E-state index contributed by atoms with van der Waals surface area (Å²) >= 11 is 1.51. The largest absolute Gasteiger partial charge is 0.495 e. The lowest BCUT2D eigenvalue weighted by atomic mass is 9.88. The lowest BCUT2D eigenvalue weighted by Crippen LogP contribution is -2.34. The molecule has 1 aliphatic heterocycles. The molecule has 0 aliphatic carbocycles. The molecule has 7 heteroatoms. The second-order valence-electron chi connectivity index (χ2n) is 4.07. The van der Waals surface area contributed by atoms with Crippen LogP contribution in [0, 0.1) is 0 Å². The first-order valence-corrected chi connectivity index (χ1v) is 6.96. The molecule has 0 saturated heterocycles. The number of rotatable bonds is 4. The number of hydrogen-bond donors (Lipinski definition) is 2. The molecular weight excluding hydrogens is 259 g/mol. The second-order valence-corrected chi connectivity index (χ2v) is 4.68. The molecule has 1 heterocycles. The number of nitrogens with two attached hydrogens (primary N) is 1. The quantitative estimate of drug-likeness (QED) is 0.645. The van der Waals surface area contributed by atoms with Gasteiger partial charge in [-0.25, -0.2) is 4.99 Å². The molecule has 0 amide bonds. The van der Waals surface area contributed by atoms with Gasteiger partial charge in [0.25, 0.3) is 0 Å². The summed E-state index contributed by atoms with van der Waals surface area (Å²) in [7, 11) is 5.35. The van der Waals surface area contributed by atoms with Gasteiger partial charge in [-0.3, -0.25) is 0 Å². The number of benzene rings is 1. The van der Waals surface area contributed by atoms with Crippen molar-refractivity contribution in [3.8, 4) is 5.75 Å². The Labute approximate surface area is 118 Å². The van der Waals surface area contributed by atoms with Crippen molar-refractivity contribution in [2.45, 2.75) is 0 Å². The number of ether oxygens (including phenoxy) is 1. The number of hydrogen-bond acceptors (Lipinski definition) is 6. The van der Waals surface area contributed by atoms with Gasteiger partial charge in [0.2, 0.25) is 0 Å². The van der Waals surface area contributed by atoms with Gasteiger partial charge in [0.05, 0.1) is 24.2 Å². The topological polar surface area (TPSA) is 62.9 Å². The first-order valence-electron chi connectivity index (χ1n) is 5.74. The lowest BCUT2D eigenvalue weighted by Gasteiger charge is -2.20. The van der Waals surface area contributed by atoms with Crippen molar-refractivity contribution in [1.82, 2.24) is 4.81 Å². The van der Waals surface area contributed by atoms with Crippen molar-refractivity contribution in [2.75, 3.05) is 25.1 Å². The average molecular weight is 275 g/mol. The molecule has 0 saturated carbocycles. The van der Waals surface area contributed by atoms with Crippen molar-refractivity contribution in [3.05, 3.63) is 30.0 Å². The Morgan fingerprint density at radius 2 is 2.26 bits per heavy atom. The van der Waals surface area contributed by atoms with Gasteiger partial charge in [-0.2, -0.15) is 0 Å². The summed E-state index contributed by atoms with van der Waals surface area (Å²) in [6, 6.07) is 5.88. The van der Waals surface area contributed by atoms with Crippen molar-refractivity contribution >= 4 is 36.5 Å². The minimum atomic E-state index is 0.496. The number of nitrogens with zero attached hydrogens (tertiary/aromatic N) is 2. The maximum atomic E-state index is 5.77. The molecule has 1 aromatic rings. The molecule has 1 aromatic carbocycles. The summed E-state index contributed by atoms with van der Waals surface area (Å²) in [6.07, 6.45) is 3.89. The van der Waals surface area contributed by atoms with E-state index in [1.54, 1.807) is 14.5 Å². The Kier molecular flexibility index (Phi) is 4.26. The summed E-state index contributed by atoms with van der Waals surface area (Å²) in [6.45, 7) is 0. The van der Waals surface area contributed by atoms with Crippen LogP contribution in [-0.4, -0.2) is 38.4 Å². The maximum Gasteiger partial charge on any atom is 0.331 e. The Morgan fingerprint density at radius 3 is 2.89 bits per heavy atom. The van der Waals surface area contributed by atoms with E-state index in [1.807, 2.05) is 42.5 Å². The van der Waals surface area contributed by atoms with Crippen LogP contribution < -0.4 is 15.2 Å². The Balaban J connectivity index is 2.38. The van der Waals surface area contributed by atoms with Crippen molar-refractivity contribution in [2.24, 2.45) is 10.7 Å². The van der Waals surface area contributed by atoms with Gasteiger partial charge in [0.15, 0.2) is 0 Å². The molecule has 3 N–H and O–H groups in total. The average Bonchev–Trinajstić information content (AvgIpc) is 2.38. The number of nitrogens with one attached hydrogen (secondary N) is 1. The highest BCUT2D eigenvalue weighted by atomic mass is 32.2. The van der Waals surface area contributed by atoms with Crippen molar-refractivity contribution in [3.63, 3.8) is 0 Å². The van der Waals surface area contributed by atoms with Crippen LogP contribution in [0.25, 0.3) is 5.70 Å². The first-order chi connectivity index (χ1) is 9.13. The van der Waals surface area contributed by atoms with Crippen molar-refractivity contribution < 1.29 is 4.74 Å². The fraction of sp³-hybridized carbons (Fsp3) is 0.250. The van der Waals surface area contributed by atoms with E-state index in [9.17, 15) is 0 Å². The maximum absolute atomic E-state index is 5.77. The van der Waals surface area contributed by atoms with Gasteiger partial charge in [0, 0.05) is 18.0 Å². The highest BCUT2D eigenvalue weighted by molar-refractivity contribution is 7.99. The Morgan fingerprint density at radius 1 is 1.47 bits per heavy atom. The second kappa shape index (κ2) is 5.92. The van der Waals surface area contributed by atoms with E-state index in [2.05, 4.69) is 9.71 Å². The fourth-order valence-corrected chi connectivity index (χ4v) is 2.21. The summed E-state index contributed by atoms with van der Waals surface area (Å²) < 4.78 is 8.50. The molecule has 0 atom stereocenters. The third-order valence-electron chi connectivity index (χ3n) is 2.62. The molecular formula is C12H16BN4OS. The van der Waals surface area contributed by atoms with Crippen LogP contribution in [0.3, 0.4) is 0 Å².